The van der Waals surface area contributed by atoms with Crippen LogP contribution in [0.15, 0.2) is 0 Å². The third-order valence-corrected chi connectivity index (χ3v) is 5.14. The average molecular weight is 446 g/mol. The molecule has 180 valence electrons. The molecule has 5 atom stereocenters. The second-order valence-corrected chi connectivity index (χ2v) is 8.08. The normalized spacial score (nSPS) is 16.0. The highest BCUT2D eigenvalue weighted by atomic mass is 16.4. The van der Waals surface area contributed by atoms with Crippen LogP contribution >= 0.6 is 0 Å². The fourth-order valence-electron chi connectivity index (χ4n) is 2.84. The van der Waals surface area contributed by atoms with Crippen LogP contribution in [0, 0.1) is 11.8 Å². The molecular weight excluding hydrogens is 406 g/mol. The van der Waals surface area contributed by atoms with E-state index in [1.54, 1.807) is 20.8 Å². The number of aliphatic hydroxyl groups is 1. The minimum absolute atomic E-state index is 0.260. The minimum Gasteiger partial charge on any atom is -0.480 e. The molecule has 0 fully saturated rings. The number of nitrogens with two attached hydrogens (primary N) is 2. The first-order valence-corrected chi connectivity index (χ1v) is 10.7. The highest BCUT2D eigenvalue weighted by Gasteiger charge is 2.32. The lowest BCUT2D eigenvalue weighted by Crippen LogP contribution is -2.59. The van der Waals surface area contributed by atoms with Crippen molar-refractivity contribution < 1.29 is 29.4 Å². The standard InChI is InChI=1S/C20H39N5O6/c1-5-12(4)16(20(30)31)25-18(28)14(8-6-7-9-21)23-19(29)15(11(2)3)24-17(27)13(22)10-26/h11-16,26H,5-10,21-22H2,1-4H3,(H,23,29)(H,24,27)(H,25,28)(H,30,31). The van der Waals surface area contributed by atoms with Crippen molar-refractivity contribution >= 4 is 23.7 Å². The Labute approximate surface area is 183 Å². The topological polar surface area (TPSA) is 197 Å². The summed E-state index contributed by atoms with van der Waals surface area (Å²) in [6.07, 6.45) is 1.98. The molecule has 0 aromatic rings. The smallest absolute Gasteiger partial charge is 0.326 e. The number of aliphatic carboxylic acids is 1. The van der Waals surface area contributed by atoms with Gasteiger partial charge in [0.25, 0.3) is 0 Å². The van der Waals surface area contributed by atoms with Crippen LogP contribution in [0.3, 0.4) is 0 Å². The van der Waals surface area contributed by atoms with Crippen molar-refractivity contribution in [2.24, 2.45) is 23.3 Å². The number of unbranched alkanes of at least 4 members (excludes halogenated alkanes) is 1. The number of rotatable bonds is 15. The number of amides is 3. The molecule has 0 spiro atoms. The van der Waals surface area contributed by atoms with Crippen molar-refractivity contribution in [3.8, 4) is 0 Å². The Kier molecular flexibility index (Phi) is 13.6. The van der Waals surface area contributed by atoms with Crippen molar-refractivity contribution in [2.75, 3.05) is 13.2 Å². The van der Waals surface area contributed by atoms with Gasteiger partial charge in [0.05, 0.1) is 6.61 Å². The summed E-state index contributed by atoms with van der Waals surface area (Å²) in [7, 11) is 0. The first-order valence-electron chi connectivity index (χ1n) is 10.7. The molecule has 0 saturated heterocycles. The van der Waals surface area contributed by atoms with Gasteiger partial charge in [-0.2, -0.15) is 0 Å². The van der Waals surface area contributed by atoms with Crippen molar-refractivity contribution in [3.63, 3.8) is 0 Å². The third-order valence-electron chi connectivity index (χ3n) is 5.14. The lowest BCUT2D eigenvalue weighted by Gasteiger charge is -2.27. The fourth-order valence-corrected chi connectivity index (χ4v) is 2.84. The highest BCUT2D eigenvalue weighted by Crippen LogP contribution is 2.10. The van der Waals surface area contributed by atoms with Crippen LogP contribution in [-0.4, -0.2) is 71.2 Å². The van der Waals surface area contributed by atoms with Crippen molar-refractivity contribution in [1.29, 1.82) is 0 Å². The van der Waals surface area contributed by atoms with Gasteiger partial charge in [0, 0.05) is 0 Å². The number of carbonyl (C=O) groups is 4. The van der Waals surface area contributed by atoms with Gasteiger partial charge in [0.2, 0.25) is 17.7 Å². The fraction of sp³-hybridized carbons (Fsp3) is 0.800. The van der Waals surface area contributed by atoms with Crippen LogP contribution in [0.25, 0.3) is 0 Å². The van der Waals surface area contributed by atoms with E-state index in [4.69, 9.17) is 16.6 Å². The molecule has 0 radical (unpaired) electrons. The van der Waals surface area contributed by atoms with Gasteiger partial charge >= 0.3 is 5.97 Å². The number of nitrogens with one attached hydrogen (secondary N) is 3. The molecule has 11 nitrogen and oxygen atoms in total. The lowest BCUT2D eigenvalue weighted by atomic mass is 9.98. The van der Waals surface area contributed by atoms with Gasteiger partial charge in [0.15, 0.2) is 0 Å². The minimum atomic E-state index is -1.18. The Hall–Kier alpha value is -2.24. The zero-order valence-electron chi connectivity index (χ0n) is 18.9. The molecule has 31 heavy (non-hydrogen) atoms. The van der Waals surface area contributed by atoms with Crippen LogP contribution in [0.5, 0.6) is 0 Å². The molecule has 0 heterocycles. The van der Waals surface area contributed by atoms with E-state index in [0.29, 0.717) is 25.8 Å². The van der Waals surface area contributed by atoms with Crippen LogP contribution < -0.4 is 27.4 Å². The molecule has 0 aliphatic carbocycles. The molecule has 0 rings (SSSR count). The number of hydrogen-bond acceptors (Lipinski definition) is 7. The Morgan fingerprint density at radius 2 is 1.48 bits per heavy atom. The van der Waals surface area contributed by atoms with E-state index in [2.05, 4.69) is 16.0 Å². The van der Waals surface area contributed by atoms with Gasteiger partial charge in [-0.15, -0.1) is 0 Å². The Bertz CT molecular complexity index is 601. The summed E-state index contributed by atoms with van der Waals surface area (Å²) >= 11 is 0. The first kappa shape index (κ1) is 28.8. The largest absolute Gasteiger partial charge is 0.480 e. The molecule has 11 heteroatoms. The van der Waals surface area contributed by atoms with Crippen LogP contribution in [-0.2, 0) is 19.2 Å². The molecule has 3 amide bonds. The molecule has 0 aromatic heterocycles. The maximum Gasteiger partial charge on any atom is 0.326 e. The summed E-state index contributed by atoms with van der Waals surface area (Å²) in [5.41, 5.74) is 11.0. The average Bonchev–Trinajstić information content (AvgIpc) is 2.72. The zero-order chi connectivity index (χ0) is 24.1. The first-order chi connectivity index (χ1) is 14.5. The van der Waals surface area contributed by atoms with Crippen LogP contribution in [0.4, 0.5) is 0 Å². The number of hydrogen-bond donors (Lipinski definition) is 7. The highest BCUT2D eigenvalue weighted by molar-refractivity contribution is 5.94. The van der Waals surface area contributed by atoms with Crippen LogP contribution in [0.1, 0.15) is 53.4 Å². The van der Waals surface area contributed by atoms with E-state index in [1.807, 2.05) is 6.92 Å². The van der Waals surface area contributed by atoms with E-state index in [-0.39, 0.29) is 18.3 Å². The van der Waals surface area contributed by atoms with E-state index < -0.39 is 54.5 Å². The SMILES string of the molecule is CCC(C)C(NC(=O)C(CCCCN)NC(=O)C(NC(=O)C(N)CO)C(C)C)C(=O)O. The number of aliphatic hydroxyl groups excluding tert-OH is 1. The summed E-state index contributed by atoms with van der Waals surface area (Å²) < 4.78 is 0. The summed E-state index contributed by atoms with van der Waals surface area (Å²) in [6.45, 7) is 6.80. The van der Waals surface area contributed by atoms with Gasteiger partial charge < -0.3 is 37.6 Å². The molecule has 0 aliphatic heterocycles. The van der Waals surface area contributed by atoms with Gasteiger partial charge in [-0.3, -0.25) is 14.4 Å². The van der Waals surface area contributed by atoms with Crippen molar-refractivity contribution in [3.05, 3.63) is 0 Å². The Balaban J connectivity index is 5.45. The summed E-state index contributed by atoms with van der Waals surface area (Å²) in [6, 6.07) is -4.24. The molecule has 0 aromatic carbocycles. The van der Waals surface area contributed by atoms with Gasteiger partial charge in [-0.05, 0) is 37.6 Å². The third kappa shape index (κ3) is 10.1. The monoisotopic (exact) mass is 445 g/mol. The van der Waals surface area contributed by atoms with E-state index in [0.717, 1.165) is 0 Å². The molecular formula is C20H39N5O6. The molecule has 0 saturated carbocycles. The number of carboxylic acid groups (broad SMARTS) is 1. The second-order valence-electron chi connectivity index (χ2n) is 8.08. The van der Waals surface area contributed by atoms with Gasteiger partial charge in [-0.25, -0.2) is 4.79 Å². The predicted molar refractivity (Wildman–Crippen MR) is 116 cm³/mol. The molecule has 5 unspecified atom stereocenters. The maximum atomic E-state index is 12.8. The van der Waals surface area contributed by atoms with E-state index in [9.17, 15) is 24.3 Å². The Morgan fingerprint density at radius 3 is 1.94 bits per heavy atom. The number of carbonyl (C=O) groups excluding carboxylic acids is 3. The van der Waals surface area contributed by atoms with Gasteiger partial charge in [0.1, 0.15) is 24.2 Å². The molecule has 9 N–H and O–H groups in total. The van der Waals surface area contributed by atoms with Crippen LogP contribution in [0.2, 0.25) is 0 Å². The maximum absolute atomic E-state index is 12.8. The lowest BCUT2D eigenvalue weighted by molar-refractivity contribution is -0.144. The van der Waals surface area contributed by atoms with E-state index in [1.165, 1.54) is 0 Å². The van der Waals surface area contributed by atoms with Crippen molar-refractivity contribution in [2.45, 2.75) is 77.5 Å². The summed E-state index contributed by atoms with van der Waals surface area (Å²) in [5.74, 6) is -3.68. The van der Waals surface area contributed by atoms with E-state index >= 15 is 0 Å². The number of carboxylic acids is 1. The zero-order valence-corrected chi connectivity index (χ0v) is 18.9. The second kappa shape index (κ2) is 14.7. The van der Waals surface area contributed by atoms with Gasteiger partial charge in [-0.1, -0.05) is 34.1 Å². The predicted octanol–water partition coefficient (Wildman–Crippen LogP) is -1.32. The summed E-state index contributed by atoms with van der Waals surface area (Å²) in [4.78, 5) is 49.2. The quantitative estimate of drug-likeness (QED) is 0.150. The molecule has 0 bridgehead atoms. The Morgan fingerprint density at radius 1 is 0.903 bits per heavy atom. The summed E-state index contributed by atoms with van der Waals surface area (Å²) in [5, 5.41) is 26.1. The van der Waals surface area contributed by atoms with Crippen molar-refractivity contribution in [1.82, 2.24) is 16.0 Å². The molecule has 0 aliphatic rings.